The fourth-order valence-corrected chi connectivity index (χ4v) is 2.56. The van der Waals surface area contributed by atoms with E-state index in [1.807, 2.05) is 38.1 Å². The van der Waals surface area contributed by atoms with Gasteiger partial charge in [0.15, 0.2) is 5.82 Å². The van der Waals surface area contributed by atoms with Crippen LogP contribution in [-0.2, 0) is 13.0 Å². The highest BCUT2D eigenvalue weighted by atomic mass is 16.6. The van der Waals surface area contributed by atoms with Crippen LogP contribution in [0.1, 0.15) is 30.3 Å². The second-order valence-corrected chi connectivity index (χ2v) is 6.09. The lowest BCUT2D eigenvalue weighted by Crippen LogP contribution is -2.03. The first-order chi connectivity index (χ1) is 12.6. The van der Waals surface area contributed by atoms with Gasteiger partial charge in [-0.1, -0.05) is 41.9 Å². The van der Waals surface area contributed by atoms with Crippen LogP contribution in [0.4, 0.5) is 11.4 Å². The summed E-state index contributed by atoms with van der Waals surface area (Å²) in [5.74, 6) is 0.897. The molecule has 7 heteroatoms. The van der Waals surface area contributed by atoms with Gasteiger partial charge in [0, 0.05) is 24.6 Å². The van der Waals surface area contributed by atoms with E-state index in [9.17, 15) is 10.1 Å². The van der Waals surface area contributed by atoms with E-state index < -0.39 is 4.92 Å². The Bertz CT molecular complexity index is 903. The first kappa shape index (κ1) is 17.6. The molecule has 0 radical (unpaired) electrons. The minimum absolute atomic E-state index is 0.0233. The first-order valence-electron chi connectivity index (χ1n) is 8.47. The molecule has 3 aromatic rings. The highest BCUT2D eigenvalue weighted by Gasteiger charge is 2.18. The number of nitrogens with zero attached hydrogens (tertiary/aromatic N) is 3. The van der Waals surface area contributed by atoms with Crippen molar-refractivity contribution < 1.29 is 9.45 Å². The minimum Gasteiger partial charge on any atom is -0.375 e. The number of rotatable bonds is 7. The van der Waals surface area contributed by atoms with E-state index >= 15 is 0 Å². The van der Waals surface area contributed by atoms with Crippen molar-refractivity contribution >= 4 is 11.4 Å². The fourth-order valence-electron chi connectivity index (χ4n) is 2.56. The summed E-state index contributed by atoms with van der Waals surface area (Å²) in [6.07, 6.45) is 1.61. The molecule has 7 nitrogen and oxygen atoms in total. The van der Waals surface area contributed by atoms with Crippen molar-refractivity contribution in [3.63, 3.8) is 0 Å². The largest absolute Gasteiger partial charge is 0.375 e. The van der Waals surface area contributed by atoms with Crippen LogP contribution >= 0.6 is 0 Å². The molecule has 0 aliphatic rings. The molecule has 0 amide bonds. The molecule has 0 aliphatic heterocycles. The van der Waals surface area contributed by atoms with E-state index in [4.69, 9.17) is 4.52 Å². The van der Waals surface area contributed by atoms with E-state index in [0.717, 1.165) is 12.0 Å². The van der Waals surface area contributed by atoms with Crippen LogP contribution in [0.5, 0.6) is 0 Å². The Labute approximate surface area is 151 Å². The summed E-state index contributed by atoms with van der Waals surface area (Å²) in [6.45, 7) is 4.54. The number of nitro groups is 1. The van der Waals surface area contributed by atoms with Gasteiger partial charge in [-0.2, -0.15) is 4.98 Å². The summed E-state index contributed by atoms with van der Waals surface area (Å²) in [5.41, 5.74) is 3.19. The molecule has 1 aromatic heterocycles. The molecular formula is C19H20N4O3. The van der Waals surface area contributed by atoms with Crippen molar-refractivity contribution in [3.8, 4) is 11.5 Å². The lowest BCUT2D eigenvalue weighted by Gasteiger charge is -2.08. The molecule has 1 N–H and O–H groups in total. The molecule has 3 rings (SSSR count). The number of nitrogens with one attached hydrogen (secondary N) is 1. The van der Waals surface area contributed by atoms with E-state index in [1.165, 1.54) is 11.6 Å². The van der Waals surface area contributed by atoms with Crippen LogP contribution < -0.4 is 5.32 Å². The van der Waals surface area contributed by atoms with Gasteiger partial charge in [0.25, 0.3) is 11.6 Å². The standard InChI is InChI=1S/C19H20N4O3/c1-3-4-18-21-19(26-22-18)15-9-10-16(17(11-15)23(24)25)20-12-14-7-5-13(2)6-8-14/h5-11,20H,3-4,12H2,1-2H3. The molecule has 1 heterocycles. The number of aryl methyl sites for hydroxylation is 2. The zero-order valence-corrected chi connectivity index (χ0v) is 14.7. The molecule has 0 atom stereocenters. The molecule has 134 valence electrons. The van der Waals surface area contributed by atoms with Crippen molar-refractivity contribution in [1.82, 2.24) is 10.1 Å². The van der Waals surface area contributed by atoms with Crippen LogP contribution in [0.15, 0.2) is 47.0 Å². The van der Waals surface area contributed by atoms with Crippen molar-refractivity contribution in [2.45, 2.75) is 33.2 Å². The van der Waals surface area contributed by atoms with E-state index in [0.29, 0.717) is 35.9 Å². The molecule has 0 bridgehead atoms. The monoisotopic (exact) mass is 352 g/mol. The molecule has 0 fully saturated rings. The van der Waals surface area contributed by atoms with Gasteiger partial charge < -0.3 is 9.84 Å². The third kappa shape index (κ3) is 4.05. The second kappa shape index (κ2) is 7.77. The Morgan fingerprint density at radius 2 is 1.96 bits per heavy atom. The zero-order chi connectivity index (χ0) is 18.5. The number of hydrogen-bond acceptors (Lipinski definition) is 6. The number of aromatic nitrogens is 2. The normalized spacial score (nSPS) is 10.7. The third-order valence-electron chi connectivity index (χ3n) is 3.99. The van der Waals surface area contributed by atoms with Crippen LogP contribution in [0, 0.1) is 17.0 Å². The molecule has 0 saturated heterocycles. The summed E-state index contributed by atoms with van der Waals surface area (Å²) < 4.78 is 5.21. The Morgan fingerprint density at radius 1 is 1.19 bits per heavy atom. The quantitative estimate of drug-likeness (QED) is 0.496. The number of hydrogen-bond donors (Lipinski definition) is 1. The maximum absolute atomic E-state index is 11.5. The predicted octanol–water partition coefficient (Wildman–Crippen LogP) is 4.52. The molecule has 26 heavy (non-hydrogen) atoms. The minimum atomic E-state index is -0.412. The Morgan fingerprint density at radius 3 is 2.65 bits per heavy atom. The Balaban J connectivity index is 1.82. The average Bonchev–Trinajstić information content (AvgIpc) is 3.10. The van der Waals surface area contributed by atoms with Gasteiger partial charge in [-0.15, -0.1) is 0 Å². The third-order valence-corrected chi connectivity index (χ3v) is 3.99. The van der Waals surface area contributed by atoms with Crippen LogP contribution in [0.25, 0.3) is 11.5 Å². The molecule has 2 aromatic carbocycles. The lowest BCUT2D eigenvalue weighted by molar-refractivity contribution is -0.383. The van der Waals surface area contributed by atoms with Crippen molar-refractivity contribution in [2.24, 2.45) is 0 Å². The number of nitro benzene ring substituents is 1. The zero-order valence-electron chi connectivity index (χ0n) is 14.7. The van der Waals surface area contributed by atoms with Gasteiger partial charge in [-0.25, -0.2) is 0 Å². The predicted molar refractivity (Wildman–Crippen MR) is 98.9 cm³/mol. The van der Waals surface area contributed by atoms with Crippen LogP contribution in [-0.4, -0.2) is 15.1 Å². The maximum atomic E-state index is 11.5. The number of anilines is 1. The summed E-state index contributed by atoms with van der Waals surface area (Å²) in [5, 5.41) is 18.5. The van der Waals surface area contributed by atoms with Gasteiger partial charge in [-0.3, -0.25) is 10.1 Å². The van der Waals surface area contributed by atoms with E-state index in [1.54, 1.807) is 12.1 Å². The van der Waals surface area contributed by atoms with Crippen LogP contribution in [0.2, 0.25) is 0 Å². The Kier molecular flexibility index (Phi) is 5.26. The second-order valence-electron chi connectivity index (χ2n) is 6.09. The SMILES string of the molecule is CCCc1noc(-c2ccc(NCc3ccc(C)cc3)c([N+](=O)[O-])c2)n1. The van der Waals surface area contributed by atoms with Crippen molar-refractivity contribution in [2.75, 3.05) is 5.32 Å². The highest BCUT2D eigenvalue weighted by molar-refractivity contribution is 5.69. The molecule has 0 saturated carbocycles. The lowest BCUT2D eigenvalue weighted by atomic mass is 10.1. The van der Waals surface area contributed by atoms with Gasteiger partial charge in [-0.05, 0) is 31.0 Å². The highest BCUT2D eigenvalue weighted by Crippen LogP contribution is 2.30. The molecular weight excluding hydrogens is 332 g/mol. The first-order valence-corrected chi connectivity index (χ1v) is 8.47. The average molecular weight is 352 g/mol. The van der Waals surface area contributed by atoms with Gasteiger partial charge >= 0.3 is 0 Å². The van der Waals surface area contributed by atoms with E-state index in [2.05, 4.69) is 15.5 Å². The van der Waals surface area contributed by atoms with Crippen LogP contribution in [0.3, 0.4) is 0 Å². The maximum Gasteiger partial charge on any atom is 0.293 e. The van der Waals surface area contributed by atoms with Crippen molar-refractivity contribution in [3.05, 3.63) is 69.5 Å². The fraction of sp³-hybridized carbons (Fsp3) is 0.263. The van der Waals surface area contributed by atoms with Gasteiger partial charge in [0.05, 0.1) is 4.92 Å². The summed E-state index contributed by atoms with van der Waals surface area (Å²) >= 11 is 0. The van der Waals surface area contributed by atoms with Gasteiger partial charge in [0.1, 0.15) is 5.69 Å². The summed E-state index contributed by atoms with van der Waals surface area (Å²) in [7, 11) is 0. The van der Waals surface area contributed by atoms with E-state index in [-0.39, 0.29) is 5.69 Å². The Hall–Kier alpha value is -3.22. The summed E-state index contributed by atoms with van der Waals surface area (Å²) in [4.78, 5) is 15.3. The molecule has 0 aliphatic carbocycles. The molecule has 0 unspecified atom stereocenters. The van der Waals surface area contributed by atoms with Gasteiger partial charge in [0.2, 0.25) is 0 Å². The topological polar surface area (TPSA) is 94.1 Å². The summed E-state index contributed by atoms with van der Waals surface area (Å²) in [6, 6.07) is 12.9. The van der Waals surface area contributed by atoms with Crippen molar-refractivity contribution in [1.29, 1.82) is 0 Å². The molecule has 0 spiro atoms. The smallest absolute Gasteiger partial charge is 0.293 e. The number of benzene rings is 2.